The molecule has 0 aliphatic carbocycles. The number of likely N-dealkylation sites (tertiary alicyclic amines) is 2. The van der Waals surface area contributed by atoms with Crippen molar-refractivity contribution in [3.63, 3.8) is 0 Å². The molecule has 0 bridgehead atoms. The van der Waals surface area contributed by atoms with Gasteiger partial charge in [0.25, 0.3) is 0 Å². The Morgan fingerprint density at radius 2 is 1.10 bits per heavy atom. The lowest BCUT2D eigenvalue weighted by molar-refractivity contribution is -0.144. The molecule has 7 amide bonds. The number of guanidine groups is 2. The summed E-state index contributed by atoms with van der Waals surface area (Å²) >= 11 is 0. The van der Waals surface area contributed by atoms with Crippen LogP contribution in [0.2, 0.25) is 0 Å². The van der Waals surface area contributed by atoms with Crippen LogP contribution in [-0.4, -0.2) is 161 Å². The van der Waals surface area contributed by atoms with Crippen LogP contribution in [0.3, 0.4) is 0 Å². The van der Waals surface area contributed by atoms with E-state index < -0.39 is 103 Å². The van der Waals surface area contributed by atoms with Crippen LogP contribution in [0.1, 0.15) is 62.5 Å². The van der Waals surface area contributed by atoms with Crippen LogP contribution in [0, 0.1) is 0 Å². The molecule has 24 nitrogen and oxygen atoms in total. The number of aliphatic imine (C=N–C) groups is 2. The third-order valence-corrected chi connectivity index (χ3v) is 11.6. The van der Waals surface area contributed by atoms with Crippen molar-refractivity contribution in [3.05, 3.63) is 71.8 Å². The van der Waals surface area contributed by atoms with E-state index in [-0.39, 0.29) is 70.1 Å². The van der Waals surface area contributed by atoms with Crippen molar-refractivity contribution in [2.24, 2.45) is 38.7 Å². The highest BCUT2D eigenvalue weighted by Crippen LogP contribution is 2.21. The number of carboxylic acids is 1. The summed E-state index contributed by atoms with van der Waals surface area (Å²) in [6, 6.07) is 8.96. The molecule has 69 heavy (non-hydrogen) atoms. The number of nitrogens with two attached hydrogens (primary N) is 5. The predicted octanol–water partition coefficient (Wildman–Crippen LogP) is -3.98. The number of aliphatic hydroxyl groups excluding tert-OH is 1. The van der Waals surface area contributed by atoms with Crippen molar-refractivity contribution < 1.29 is 48.6 Å². The molecule has 2 fully saturated rings. The highest BCUT2D eigenvalue weighted by atomic mass is 16.4. The van der Waals surface area contributed by atoms with Gasteiger partial charge >= 0.3 is 5.97 Å². The number of amides is 7. The molecular weight excluding hydrogens is 897 g/mol. The second-order valence-corrected chi connectivity index (χ2v) is 16.8. The standard InChI is InChI=1S/C45H66N14O10/c46-29(15-7-19-51-44(47)48)41(66)58-21-9-17-34(58)39(64)53-25-36(61)54-31(23-27-11-3-1-4-12-27)37(62)57-33(26-60)42(67)59-22-10-18-35(59)40(65)56-32(24-28-13-5-2-6-14-28)38(63)55-30(43(68)69)16-8-20-52-45(49)50/h1-6,11-14,29-35,60H,7-10,15-26,46H2,(H,53,64)(H,54,61)(H,55,63)(H,56,65)(H,57,62)(H,68,69)(H4,47,48,51)(H4,49,50,52)/t29-,30-,31+,32-,33-,34-,35+/m0/s1. The molecule has 0 radical (unpaired) electrons. The highest BCUT2D eigenvalue weighted by Gasteiger charge is 2.40. The van der Waals surface area contributed by atoms with Crippen LogP contribution in [0.5, 0.6) is 0 Å². The molecule has 0 spiro atoms. The maximum absolute atomic E-state index is 14.1. The van der Waals surface area contributed by atoms with Crippen LogP contribution in [0.25, 0.3) is 0 Å². The van der Waals surface area contributed by atoms with Gasteiger partial charge in [0.1, 0.15) is 36.3 Å². The van der Waals surface area contributed by atoms with Gasteiger partial charge in [-0.25, -0.2) is 4.79 Å². The number of hydrogen-bond donors (Lipinski definition) is 12. The Labute approximate surface area is 399 Å². The number of nitrogens with zero attached hydrogens (tertiary/aromatic N) is 4. The molecule has 24 heteroatoms. The lowest BCUT2D eigenvalue weighted by atomic mass is 10.0. The van der Waals surface area contributed by atoms with Crippen molar-refractivity contribution in [1.82, 2.24) is 36.4 Å². The third kappa shape index (κ3) is 17.4. The van der Waals surface area contributed by atoms with Gasteiger partial charge in [0, 0.05) is 39.0 Å². The molecule has 17 N–H and O–H groups in total. The number of nitrogens with one attached hydrogen (secondary N) is 5. The van der Waals surface area contributed by atoms with Crippen molar-refractivity contribution in [2.75, 3.05) is 39.3 Å². The molecule has 376 valence electrons. The Balaban J connectivity index is 1.41. The van der Waals surface area contributed by atoms with E-state index >= 15 is 0 Å². The van der Waals surface area contributed by atoms with Gasteiger partial charge in [-0.3, -0.25) is 43.5 Å². The van der Waals surface area contributed by atoms with Crippen molar-refractivity contribution >= 4 is 59.2 Å². The van der Waals surface area contributed by atoms with Gasteiger partial charge in [-0.15, -0.1) is 0 Å². The van der Waals surface area contributed by atoms with E-state index in [2.05, 4.69) is 36.6 Å². The summed E-state index contributed by atoms with van der Waals surface area (Å²) in [6.07, 6.45) is 2.28. The van der Waals surface area contributed by atoms with Crippen LogP contribution in [-0.2, 0) is 51.2 Å². The van der Waals surface area contributed by atoms with E-state index in [0.717, 1.165) is 0 Å². The van der Waals surface area contributed by atoms with Crippen LogP contribution < -0.4 is 55.3 Å². The normalized spacial score (nSPS) is 17.5. The monoisotopic (exact) mass is 963 g/mol. The summed E-state index contributed by atoms with van der Waals surface area (Å²) in [7, 11) is 0. The number of hydrogen-bond acceptors (Lipinski definition) is 12. The van der Waals surface area contributed by atoms with Crippen molar-refractivity contribution in [3.8, 4) is 0 Å². The molecule has 0 unspecified atom stereocenters. The molecule has 2 aliphatic heterocycles. The van der Waals surface area contributed by atoms with E-state index in [4.69, 9.17) is 28.7 Å². The summed E-state index contributed by atoms with van der Waals surface area (Å²) in [4.78, 5) is 118. The van der Waals surface area contributed by atoms with E-state index in [9.17, 15) is 48.6 Å². The fourth-order valence-electron chi connectivity index (χ4n) is 8.07. The number of carboxylic acid groups (broad SMARTS) is 1. The maximum Gasteiger partial charge on any atom is 0.326 e. The molecule has 7 atom stereocenters. The number of carbonyl (C=O) groups is 8. The zero-order valence-corrected chi connectivity index (χ0v) is 38.5. The van der Waals surface area contributed by atoms with Crippen molar-refractivity contribution in [2.45, 2.75) is 107 Å². The number of carbonyl (C=O) groups excluding carboxylic acids is 7. The molecule has 2 aliphatic rings. The number of aliphatic hydroxyl groups is 1. The average Bonchev–Trinajstić information content (AvgIpc) is 4.03. The first kappa shape index (κ1) is 54.3. The second kappa shape index (κ2) is 27.5. The van der Waals surface area contributed by atoms with Gasteiger partial charge in [-0.05, 0) is 62.5 Å². The molecule has 2 saturated heterocycles. The molecular formula is C45H66N14O10. The number of benzene rings is 2. The first-order chi connectivity index (χ1) is 33.0. The molecule has 2 aromatic carbocycles. The Bertz CT molecular complexity index is 2140. The molecule has 4 rings (SSSR count). The average molecular weight is 963 g/mol. The lowest BCUT2D eigenvalue weighted by Gasteiger charge is -2.30. The first-order valence-electron chi connectivity index (χ1n) is 22.9. The minimum Gasteiger partial charge on any atom is -0.480 e. The smallest absolute Gasteiger partial charge is 0.326 e. The third-order valence-electron chi connectivity index (χ3n) is 11.6. The molecule has 2 heterocycles. The van der Waals surface area contributed by atoms with Gasteiger partial charge in [0.15, 0.2) is 11.9 Å². The second-order valence-electron chi connectivity index (χ2n) is 16.8. The van der Waals surface area contributed by atoms with Gasteiger partial charge < -0.3 is 75.3 Å². The fourth-order valence-corrected chi connectivity index (χ4v) is 8.07. The van der Waals surface area contributed by atoms with E-state index in [1.165, 1.54) is 9.80 Å². The van der Waals surface area contributed by atoms with Crippen LogP contribution in [0.4, 0.5) is 0 Å². The predicted molar refractivity (Wildman–Crippen MR) is 253 cm³/mol. The van der Waals surface area contributed by atoms with Crippen LogP contribution >= 0.6 is 0 Å². The minimum absolute atomic E-state index is 0.0143. The summed E-state index contributed by atoms with van der Waals surface area (Å²) in [5, 5.41) is 33.1. The van der Waals surface area contributed by atoms with E-state index in [1.54, 1.807) is 60.7 Å². The first-order valence-corrected chi connectivity index (χ1v) is 22.9. The minimum atomic E-state index is -1.57. The van der Waals surface area contributed by atoms with Gasteiger partial charge in [-0.1, -0.05) is 60.7 Å². The van der Waals surface area contributed by atoms with Crippen molar-refractivity contribution in [1.29, 1.82) is 0 Å². The van der Waals surface area contributed by atoms with Gasteiger partial charge in [0.2, 0.25) is 41.4 Å². The largest absolute Gasteiger partial charge is 0.480 e. The Morgan fingerprint density at radius 1 is 0.623 bits per heavy atom. The van der Waals surface area contributed by atoms with Crippen LogP contribution in [0.15, 0.2) is 70.6 Å². The summed E-state index contributed by atoms with van der Waals surface area (Å²) in [5.74, 6) is -6.49. The van der Waals surface area contributed by atoms with E-state index in [1.807, 2.05) is 0 Å². The fraction of sp³-hybridized carbons (Fsp3) is 0.511. The highest BCUT2D eigenvalue weighted by molar-refractivity contribution is 5.97. The lowest BCUT2D eigenvalue weighted by Crippen LogP contribution is -2.60. The number of aliphatic carboxylic acids is 1. The molecule has 2 aromatic rings. The summed E-state index contributed by atoms with van der Waals surface area (Å²) in [6.45, 7) is -0.674. The zero-order chi connectivity index (χ0) is 50.5. The molecule has 0 aromatic heterocycles. The topological polar surface area (TPSA) is 398 Å². The molecule has 0 saturated carbocycles. The Morgan fingerprint density at radius 3 is 1.61 bits per heavy atom. The quantitative estimate of drug-likeness (QED) is 0.0243. The maximum atomic E-state index is 14.1. The SMILES string of the molecule is NC(N)=NCCC[C@H](NC(=O)[C@H](Cc1ccccc1)NC(=O)[C@H]1CCCN1C(=O)[C@H](CO)NC(=O)[C@@H](Cc1ccccc1)NC(=O)CNC(=O)[C@@H]1CCCN1C(=O)[C@@H](N)CCCN=C(N)N)C(=O)O. The summed E-state index contributed by atoms with van der Waals surface area (Å²) in [5.41, 5.74) is 28.8. The Hall–Kier alpha value is -7.34. The zero-order valence-electron chi connectivity index (χ0n) is 38.5. The summed E-state index contributed by atoms with van der Waals surface area (Å²) < 4.78 is 0. The van der Waals surface area contributed by atoms with Gasteiger partial charge in [-0.2, -0.15) is 0 Å². The Kier molecular flexibility index (Phi) is 21.6. The number of rotatable bonds is 26. The van der Waals surface area contributed by atoms with Gasteiger partial charge in [0.05, 0.1) is 19.2 Å². The van der Waals surface area contributed by atoms with E-state index in [0.29, 0.717) is 43.4 Å².